The lowest BCUT2D eigenvalue weighted by Crippen LogP contribution is -2.27. The van der Waals surface area contributed by atoms with Crippen LogP contribution in [0.1, 0.15) is 30.2 Å². The van der Waals surface area contributed by atoms with Crippen LogP contribution in [0.5, 0.6) is 0 Å². The molecule has 1 rings (SSSR count). The molecule has 0 spiro atoms. The first-order chi connectivity index (χ1) is 5.95. The van der Waals surface area contributed by atoms with Crippen LogP contribution in [-0.4, -0.2) is 13.1 Å². The number of ether oxygens (including phenoxy) is 1. The molecule has 4 heteroatoms. The van der Waals surface area contributed by atoms with Gasteiger partial charge in [-0.05, 0) is 26.0 Å². The highest BCUT2D eigenvalue weighted by molar-refractivity contribution is 5.86. The van der Waals surface area contributed by atoms with Crippen LogP contribution < -0.4 is 5.73 Å². The third-order valence-corrected chi connectivity index (χ3v) is 1.63. The van der Waals surface area contributed by atoms with Gasteiger partial charge in [-0.15, -0.1) is 0 Å². The van der Waals surface area contributed by atoms with Crippen molar-refractivity contribution >= 4 is 5.97 Å². The molecule has 1 heterocycles. The molecule has 0 unspecified atom stereocenters. The number of esters is 1. The molecular formula is C9H13NO3. The number of carbonyl (C=O) groups excluding carboxylic acids is 1. The van der Waals surface area contributed by atoms with Crippen LogP contribution in [0.2, 0.25) is 0 Å². The lowest BCUT2D eigenvalue weighted by Gasteiger charge is -2.14. The Bertz CT molecular complexity index is 309. The van der Waals surface area contributed by atoms with Crippen molar-refractivity contribution in [1.82, 2.24) is 0 Å². The zero-order chi connectivity index (χ0) is 10.1. The molecule has 13 heavy (non-hydrogen) atoms. The second kappa shape index (κ2) is 3.22. The number of hydrogen-bond acceptors (Lipinski definition) is 4. The molecule has 0 saturated heterocycles. The summed E-state index contributed by atoms with van der Waals surface area (Å²) < 4.78 is 9.69. The minimum atomic E-state index is -0.577. The molecule has 0 amide bonds. The van der Waals surface area contributed by atoms with Crippen LogP contribution in [0.3, 0.4) is 0 Å². The maximum Gasteiger partial charge on any atom is 0.373 e. The molecule has 4 nitrogen and oxygen atoms in total. The Labute approximate surface area is 76.7 Å². The Morgan fingerprint density at radius 2 is 2.15 bits per heavy atom. The fourth-order valence-corrected chi connectivity index (χ4v) is 0.894. The molecular weight excluding hydrogens is 170 g/mol. The second-order valence-corrected chi connectivity index (χ2v) is 3.38. The quantitative estimate of drug-likeness (QED) is 0.701. The van der Waals surface area contributed by atoms with Crippen LogP contribution in [0.4, 0.5) is 0 Å². The second-order valence-electron chi connectivity index (χ2n) is 3.38. The van der Waals surface area contributed by atoms with E-state index in [1.807, 2.05) is 0 Å². The summed E-state index contributed by atoms with van der Waals surface area (Å²) in [7, 11) is 1.30. The van der Waals surface area contributed by atoms with Crippen LogP contribution in [0.15, 0.2) is 16.5 Å². The number of hydrogen-bond donors (Lipinski definition) is 1. The third kappa shape index (κ3) is 2.09. The molecule has 0 aliphatic heterocycles. The van der Waals surface area contributed by atoms with Crippen molar-refractivity contribution in [2.45, 2.75) is 19.4 Å². The highest BCUT2D eigenvalue weighted by atomic mass is 16.5. The van der Waals surface area contributed by atoms with E-state index in [2.05, 4.69) is 4.74 Å². The van der Waals surface area contributed by atoms with Gasteiger partial charge in [0, 0.05) is 0 Å². The smallest absolute Gasteiger partial charge is 0.373 e. The minimum absolute atomic E-state index is 0.177. The average molecular weight is 183 g/mol. The van der Waals surface area contributed by atoms with Crippen molar-refractivity contribution in [1.29, 1.82) is 0 Å². The fourth-order valence-electron chi connectivity index (χ4n) is 0.894. The number of carbonyl (C=O) groups is 1. The van der Waals surface area contributed by atoms with Gasteiger partial charge in [-0.25, -0.2) is 4.79 Å². The highest BCUT2D eigenvalue weighted by Crippen LogP contribution is 2.19. The van der Waals surface area contributed by atoms with E-state index in [-0.39, 0.29) is 5.76 Å². The minimum Gasteiger partial charge on any atom is -0.463 e. The molecule has 0 atom stereocenters. The number of rotatable bonds is 2. The van der Waals surface area contributed by atoms with E-state index in [1.165, 1.54) is 7.11 Å². The first-order valence-corrected chi connectivity index (χ1v) is 3.92. The van der Waals surface area contributed by atoms with Crippen molar-refractivity contribution in [2.75, 3.05) is 7.11 Å². The Morgan fingerprint density at radius 3 is 2.54 bits per heavy atom. The summed E-state index contributed by atoms with van der Waals surface area (Å²) in [6.45, 7) is 3.60. The summed E-state index contributed by atoms with van der Waals surface area (Å²) in [5, 5.41) is 0. The highest BCUT2D eigenvalue weighted by Gasteiger charge is 2.20. The lowest BCUT2D eigenvalue weighted by molar-refractivity contribution is 0.0561. The van der Waals surface area contributed by atoms with Crippen LogP contribution in [0, 0.1) is 0 Å². The number of methoxy groups -OCH3 is 1. The largest absolute Gasteiger partial charge is 0.463 e. The SMILES string of the molecule is COC(=O)c1ccc(C(C)(C)N)o1. The first kappa shape index (κ1) is 9.80. The van der Waals surface area contributed by atoms with E-state index in [0.29, 0.717) is 5.76 Å². The topological polar surface area (TPSA) is 65.5 Å². The maximum atomic E-state index is 11.0. The van der Waals surface area contributed by atoms with Gasteiger partial charge in [0.1, 0.15) is 5.76 Å². The Hall–Kier alpha value is -1.29. The molecule has 1 aromatic heterocycles. The molecule has 2 N–H and O–H groups in total. The summed E-state index contributed by atoms with van der Waals surface area (Å²) in [6.07, 6.45) is 0. The van der Waals surface area contributed by atoms with E-state index >= 15 is 0 Å². The number of furan rings is 1. The molecule has 0 bridgehead atoms. The van der Waals surface area contributed by atoms with Gasteiger partial charge in [-0.2, -0.15) is 0 Å². The monoisotopic (exact) mass is 183 g/mol. The van der Waals surface area contributed by atoms with Gasteiger partial charge >= 0.3 is 5.97 Å². The summed E-state index contributed by atoms with van der Waals surface area (Å²) in [4.78, 5) is 11.0. The van der Waals surface area contributed by atoms with Gasteiger partial charge in [0.25, 0.3) is 0 Å². The van der Waals surface area contributed by atoms with Gasteiger partial charge in [-0.3, -0.25) is 0 Å². The van der Waals surface area contributed by atoms with Crippen molar-refractivity contribution < 1.29 is 13.9 Å². The van der Waals surface area contributed by atoms with E-state index in [9.17, 15) is 4.79 Å². The first-order valence-electron chi connectivity index (χ1n) is 3.92. The summed E-state index contributed by atoms with van der Waals surface area (Å²) in [5.74, 6) is 0.249. The third-order valence-electron chi connectivity index (χ3n) is 1.63. The van der Waals surface area contributed by atoms with E-state index < -0.39 is 11.5 Å². The maximum absolute atomic E-state index is 11.0. The Balaban J connectivity index is 2.93. The van der Waals surface area contributed by atoms with Crippen LogP contribution in [0.25, 0.3) is 0 Å². The molecule has 0 fully saturated rings. The zero-order valence-electron chi connectivity index (χ0n) is 7.96. The van der Waals surface area contributed by atoms with Gasteiger partial charge in [0.15, 0.2) is 0 Å². The molecule has 0 saturated carbocycles. The average Bonchev–Trinajstić information content (AvgIpc) is 2.50. The molecule has 0 aromatic carbocycles. The number of nitrogens with two attached hydrogens (primary N) is 1. The van der Waals surface area contributed by atoms with Gasteiger partial charge < -0.3 is 14.9 Å². The van der Waals surface area contributed by atoms with Crippen molar-refractivity contribution in [3.8, 4) is 0 Å². The van der Waals surface area contributed by atoms with E-state index in [4.69, 9.17) is 10.2 Å². The van der Waals surface area contributed by atoms with Crippen molar-refractivity contribution in [2.24, 2.45) is 5.73 Å². The summed E-state index contributed by atoms with van der Waals surface area (Å²) in [6, 6.07) is 3.22. The van der Waals surface area contributed by atoms with E-state index in [0.717, 1.165) is 0 Å². The van der Waals surface area contributed by atoms with Crippen molar-refractivity contribution in [3.63, 3.8) is 0 Å². The summed E-state index contributed by atoms with van der Waals surface area (Å²) >= 11 is 0. The summed E-state index contributed by atoms with van der Waals surface area (Å²) in [5.41, 5.74) is 5.19. The standard InChI is InChI=1S/C9H13NO3/c1-9(2,10)7-5-4-6(13-7)8(11)12-3/h4-5H,10H2,1-3H3. The molecule has 72 valence electrons. The fraction of sp³-hybridized carbons (Fsp3) is 0.444. The van der Waals surface area contributed by atoms with Gasteiger partial charge in [0.05, 0.1) is 12.6 Å². The van der Waals surface area contributed by atoms with Gasteiger partial charge in [0.2, 0.25) is 5.76 Å². The lowest BCUT2D eigenvalue weighted by atomic mass is 10.0. The Morgan fingerprint density at radius 1 is 1.54 bits per heavy atom. The molecule has 0 aliphatic rings. The molecule has 0 radical (unpaired) electrons. The molecule has 1 aromatic rings. The van der Waals surface area contributed by atoms with Gasteiger partial charge in [-0.1, -0.05) is 0 Å². The predicted molar refractivity (Wildman–Crippen MR) is 47.3 cm³/mol. The normalized spacial score (nSPS) is 11.4. The van der Waals surface area contributed by atoms with Crippen LogP contribution in [-0.2, 0) is 10.3 Å². The predicted octanol–water partition coefficient (Wildman–Crippen LogP) is 1.26. The zero-order valence-corrected chi connectivity index (χ0v) is 7.96. The molecule has 0 aliphatic carbocycles. The van der Waals surface area contributed by atoms with Crippen LogP contribution >= 0.6 is 0 Å². The van der Waals surface area contributed by atoms with E-state index in [1.54, 1.807) is 26.0 Å². The van der Waals surface area contributed by atoms with Crippen molar-refractivity contribution in [3.05, 3.63) is 23.7 Å². The Kier molecular flexibility index (Phi) is 2.43.